The quantitative estimate of drug-likeness (QED) is 0.184. The zero-order valence-electron chi connectivity index (χ0n) is 19.7. The Hall–Kier alpha value is -4.78. The largest absolute Gasteiger partial charge is 0.507 e. The van der Waals surface area contributed by atoms with E-state index in [1.165, 1.54) is 6.08 Å². The number of carbonyl (C=O) groups is 2. The van der Waals surface area contributed by atoms with Crippen LogP contribution in [0.1, 0.15) is 18.6 Å². The van der Waals surface area contributed by atoms with Crippen LogP contribution in [-0.2, 0) is 9.53 Å². The number of nitrogens with one attached hydrogen (secondary N) is 2. The van der Waals surface area contributed by atoms with Crippen LogP contribution in [0.2, 0.25) is 0 Å². The monoisotopic (exact) mass is 481 g/mol. The van der Waals surface area contributed by atoms with Gasteiger partial charge in [0.2, 0.25) is 5.91 Å². The van der Waals surface area contributed by atoms with Crippen molar-refractivity contribution in [1.29, 1.82) is 0 Å². The number of phenolic OH excluding ortho intramolecular Hbond substituents is 1. The number of rotatable bonds is 7. The third-order valence-electron chi connectivity index (χ3n) is 5.74. The molecule has 182 valence electrons. The van der Waals surface area contributed by atoms with Crippen molar-refractivity contribution in [2.75, 3.05) is 16.4 Å². The number of ether oxygens (including phenoxy) is 1. The topological polar surface area (TPSA) is 114 Å². The number of benzene rings is 4. The first-order valence-corrected chi connectivity index (χ1v) is 11.5. The number of phenols is 1. The molecule has 0 aliphatic carbocycles. The molecule has 0 spiro atoms. The van der Waals surface area contributed by atoms with Crippen LogP contribution in [0.25, 0.3) is 10.8 Å². The minimum absolute atomic E-state index is 0.129. The van der Waals surface area contributed by atoms with Gasteiger partial charge in [-0.25, -0.2) is 4.79 Å². The number of hydrogen-bond acceptors (Lipinski definition) is 5. The molecule has 2 amide bonds. The van der Waals surface area contributed by atoms with Gasteiger partial charge in [-0.3, -0.25) is 10.1 Å². The predicted octanol–water partition coefficient (Wildman–Crippen LogP) is 6.25. The summed E-state index contributed by atoms with van der Waals surface area (Å²) in [5.41, 5.74) is 8.18. The molecule has 4 rings (SSSR count). The SMILES string of the molecule is C[C@@H](/C=C/C(=O)Nc1ccccc1N)[C@@H](OC(=O)Nc1ccccc1)c1ccc(O)c2ccccc12. The second-order valence-electron chi connectivity index (χ2n) is 8.33. The van der Waals surface area contributed by atoms with Gasteiger partial charge in [-0.1, -0.05) is 73.7 Å². The van der Waals surface area contributed by atoms with Gasteiger partial charge < -0.3 is 20.9 Å². The van der Waals surface area contributed by atoms with Crippen molar-refractivity contribution in [2.45, 2.75) is 13.0 Å². The predicted molar refractivity (Wildman–Crippen MR) is 143 cm³/mol. The average molecular weight is 482 g/mol. The molecule has 0 aliphatic rings. The van der Waals surface area contributed by atoms with Crippen LogP contribution in [0.3, 0.4) is 0 Å². The highest BCUT2D eigenvalue weighted by atomic mass is 16.6. The van der Waals surface area contributed by atoms with E-state index in [-0.39, 0.29) is 11.7 Å². The number of carbonyl (C=O) groups excluding carboxylic acids is 2. The Balaban J connectivity index is 1.60. The van der Waals surface area contributed by atoms with E-state index >= 15 is 0 Å². The first-order chi connectivity index (χ1) is 17.4. The van der Waals surface area contributed by atoms with E-state index in [1.807, 2.05) is 43.3 Å². The first kappa shape index (κ1) is 24.3. The fourth-order valence-electron chi connectivity index (χ4n) is 3.92. The fourth-order valence-corrected chi connectivity index (χ4v) is 3.92. The number of aromatic hydroxyl groups is 1. The Morgan fingerprint density at radius 2 is 1.53 bits per heavy atom. The maximum atomic E-state index is 12.8. The second kappa shape index (κ2) is 11.1. The first-order valence-electron chi connectivity index (χ1n) is 11.5. The molecule has 0 bridgehead atoms. The Labute approximate surface area is 209 Å². The molecule has 0 fully saturated rings. The summed E-state index contributed by atoms with van der Waals surface area (Å²) in [6.07, 6.45) is 1.69. The maximum absolute atomic E-state index is 12.8. The number of fused-ring (bicyclic) bond motifs is 1. The van der Waals surface area contributed by atoms with Crippen LogP contribution in [0.5, 0.6) is 5.75 Å². The smallest absolute Gasteiger partial charge is 0.412 e. The lowest BCUT2D eigenvalue weighted by Crippen LogP contribution is -2.21. The van der Waals surface area contributed by atoms with Gasteiger partial charge in [0.25, 0.3) is 0 Å². The highest BCUT2D eigenvalue weighted by Gasteiger charge is 2.25. The Morgan fingerprint density at radius 1 is 0.861 bits per heavy atom. The summed E-state index contributed by atoms with van der Waals surface area (Å²) in [4.78, 5) is 25.4. The molecule has 5 N–H and O–H groups in total. The van der Waals surface area contributed by atoms with E-state index in [2.05, 4.69) is 10.6 Å². The molecule has 0 saturated carbocycles. The van der Waals surface area contributed by atoms with Gasteiger partial charge in [-0.15, -0.1) is 0 Å². The van der Waals surface area contributed by atoms with Crippen LogP contribution in [0.4, 0.5) is 21.9 Å². The molecule has 0 aromatic heterocycles. The molecule has 36 heavy (non-hydrogen) atoms. The van der Waals surface area contributed by atoms with E-state index in [0.29, 0.717) is 28.0 Å². The molecule has 4 aromatic rings. The number of amides is 2. The van der Waals surface area contributed by atoms with E-state index in [1.54, 1.807) is 60.7 Å². The molecule has 0 heterocycles. The van der Waals surface area contributed by atoms with Gasteiger partial charge in [-0.2, -0.15) is 0 Å². The number of nitrogens with two attached hydrogens (primary N) is 1. The van der Waals surface area contributed by atoms with Gasteiger partial charge in [0.1, 0.15) is 11.9 Å². The number of para-hydroxylation sites is 3. The molecule has 7 heteroatoms. The van der Waals surface area contributed by atoms with Gasteiger partial charge in [0.15, 0.2) is 0 Å². The summed E-state index contributed by atoms with van der Waals surface area (Å²) in [6, 6.07) is 26.6. The molecule has 0 radical (unpaired) electrons. The zero-order valence-corrected chi connectivity index (χ0v) is 19.7. The molecular weight excluding hydrogens is 454 g/mol. The van der Waals surface area contributed by atoms with Crippen molar-refractivity contribution < 1.29 is 19.4 Å². The third-order valence-corrected chi connectivity index (χ3v) is 5.74. The summed E-state index contributed by atoms with van der Waals surface area (Å²) in [7, 11) is 0. The van der Waals surface area contributed by atoms with Crippen molar-refractivity contribution >= 4 is 39.8 Å². The van der Waals surface area contributed by atoms with Crippen molar-refractivity contribution in [1.82, 2.24) is 0 Å². The standard InChI is InChI=1S/C29H27N3O4/c1-19(15-18-27(34)32-25-14-8-7-13-24(25)30)28(36-29(35)31-20-9-3-2-4-10-20)23-16-17-26(33)22-12-6-5-11-21(22)23/h2-19,28,33H,30H2,1H3,(H,31,35)(H,32,34)/b18-15+/t19-,28+/m0/s1. The summed E-state index contributed by atoms with van der Waals surface area (Å²) >= 11 is 0. The van der Waals surface area contributed by atoms with Crippen molar-refractivity contribution in [3.63, 3.8) is 0 Å². The zero-order chi connectivity index (χ0) is 25.5. The van der Waals surface area contributed by atoms with Gasteiger partial charge in [-0.05, 0) is 41.8 Å². The van der Waals surface area contributed by atoms with E-state index in [0.717, 1.165) is 5.39 Å². The molecule has 2 atom stereocenters. The van der Waals surface area contributed by atoms with Crippen LogP contribution in [0, 0.1) is 5.92 Å². The fraction of sp³-hybridized carbons (Fsp3) is 0.103. The third kappa shape index (κ3) is 5.82. The number of nitrogen functional groups attached to an aromatic ring is 1. The van der Waals surface area contributed by atoms with Crippen LogP contribution >= 0.6 is 0 Å². The minimum Gasteiger partial charge on any atom is -0.507 e. The summed E-state index contributed by atoms with van der Waals surface area (Å²) < 4.78 is 5.89. The molecule has 4 aromatic carbocycles. The van der Waals surface area contributed by atoms with Gasteiger partial charge in [0.05, 0.1) is 11.4 Å². The number of anilines is 3. The van der Waals surface area contributed by atoms with Crippen LogP contribution in [0.15, 0.2) is 103 Å². The van der Waals surface area contributed by atoms with Gasteiger partial charge >= 0.3 is 6.09 Å². The number of hydrogen-bond donors (Lipinski definition) is 4. The maximum Gasteiger partial charge on any atom is 0.412 e. The van der Waals surface area contributed by atoms with Gasteiger partial charge in [0, 0.05) is 22.6 Å². The van der Waals surface area contributed by atoms with E-state index < -0.39 is 18.1 Å². The molecule has 7 nitrogen and oxygen atoms in total. The Kier molecular flexibility index (Phi) is 7.51. The van der Waals surface area contributed by atoms with Crippen LogP contribution < -0.4 is 16.4 Å². The average Bonchev–Trinajstić information content (AvgIpc) is 2.88. The highest BCUT2D eigenvalue weighted by Crippen LogP contribution is 2.36. The van der Waals surface area contributed by atoms with E-state index in [4.69, 9.17) is 10.5 Å². The lowest BCUT2D eigenvalue weighted by atomic mass is 9.92. The Morgan fingerprint density at radius 3 is 2.28 bits per heavy atom. The summed E-state index contributed by atoms with van der Waals surface area (Å²) in [5.74, 6) is -0.619. The minimum atomic E-state index is -0.745. The van der Waals surface area contributed by atoms with Crippen molar-refractivity contribution in [3.8, 4) is 5.75 Å². The molecule has 0 unspecified atom stereocenters. The lowest BCUT2D eigenvalue weighted by molar-refractivity contribution is -0.111. The highest BCUT2D eigenvalue weighted by molar-refractivity contribution is 6.01. The lowest BCUT2D eigenvalue weighted by Gasteiger charge is -2.24. The summed E-state index contributed by atoms with van der Waals surface area (Å²) in [6.45, 7) is 1.85. The summed E-state index contributed by atoms with van der Waals surface area (Å²) in [5, 5.41) is 17.2. The molecule has 0 saturated heterocycles. The van der Waals surface area contributed by atoms with Crippen LogP contribution in [-0.4, -0.2) is 17.1 Å². The normalized spacial score (nSPS) is 12.7. The van der Waals surface area contributed by atoms with Crippen molar-refractivity contribution in [3.05, 3.63) is 109 Å². The van der Waals surface area contributed by atoms with E-state index in [9.17, 15) is 14.7 Å². The Bertz CT molecular complexity index is 1400. The molecular formula is C29H27N3O4. The molecule has 0 aliphatic heterocycles. The second-order valence-corrected chi connectivity index (χ2v) is 8.33. The van der Waals surface area contributed by atoms with Crippen molar-refractivity contribution in [2.24, 2.45) is 5.92 Å².